The van der Waals surface area contributed by atoms with Crippen molar-refractivity contribution >= 4 is 28.3 Å². The van der Waals surface area contributed by atoms with Crippen molar-refractivity contribution < 1.29 is 27.4 Å². The number of hydrogen-bond acceptors (Lipinski definition) is 7. The summed E-state index contributed by atoms with van der Waals surface area (Å²) < 4.78 is 50.1. The number of amides is 1. The van der Waals surface area contributed by atoms with Crippen LogP contribution < -0.4 is 15.2 Å². The summed E-state index contributed by atoms with van der Waals surface area (Å²) in [5, 5.41) is 0. The van der Waals surface area contributed by atoms with Crippen molar-refractivity contribution in [1.29, 1.82) is 0 Å². The molecule has 0 bridgehead atoms. The number of aromatic nitrogens is 4. The number of halogens is 3. The Kier molecular flexibility index (Phi) is 4.12. The van der Waals surface area contributed by atoms with Gasteiger partial charge in [0.2, 0.25) is 0 Å². The van der Waals surface area contributed by atoms with Gasteiger partial charge in [0.15, 0.2) is 0 Å². The number of carbonyl (C=O) groups excluding carboxylic acids is 1. The number of nitrogen functional groups attached to an aromatic ring is 1. The summed E-state index contributed by atoms with van der Waals surface area (Å²) in [5.41, 5.74) is 8.63. The zero-order valence-electron chi connectivity index (χ0n) is 18.7. The molecule has 1 spiro atoms. The fourth-order valence-corrected chi connectivity index (χ4v) is 5.54. The third kappa shape index (κ3) is 3.23. The minimum Gasteiger partial charge on any atom is -0.487 e. The first-order chi connectivity index (χ1) is 17.2. The number of alkyl halides is 3. The highest BCUT2D eigenvalue weighted by atomic mass is 19.4. The maximum absolute atomic E-state index is 13.9. The number of rotatable bonds is 2. The van der Waals surface area contributed by atoms with E-state index in [0.717, 1.165) is 19.3 Å². The highest BCUT2D eigenvalue weighted by Gasteiger charge is 2.56. The fraction of sp³-hybridized carbons (Fsp3) is 0.333. The molecule has 1 aromatic carbocycles. The number of hydrogen-bond donors (Lipinski definition) is 1. The number of imidazole rings is 1. The Morgan fingerprint density at radius 2 is 2.03 bits per heavy atom. The summed E-state index contributed by atoms with van der Waals surface area (Å²) >= 11 is 0. The van der Waals surface area contributed by atoms with Crippen LogP contribution in [0.25, 0.3) is 16.6 Å². The highest BCUT2D eigenvalue weighted by molar-refractivity contribution is 5.96. The van der Waals surface area contributed by atoms with E-state index in [0.29, 0.717) is 40.2 Å². The molecule has 1 saturated heterocycles. The van der Waals surface area contributed by atoms with Crippen LogP contribution in [0, 0.1) is 5.41 Å². The van der Waals surface area contributed by atoms with E-state index < -0.39 is 12.4 Å². The molecule has 184 valence electrons. The minimum absolute atomic E-state index is 0.0470. The van der Waals surface area contributed by atoms with Crippen LogP contribution in [0.3, 0.4) is 0 Å². The molecule has 3 aliphatic rings. The first-order valence-corrected chi connectivity index (χ1v) is 11.4. The van der Waals surface area contributed by atoms with Gasteiger partial charge in [-0.05, 0) is 42.9 Å². The third-order valence-electron chi connectivity index (χ3n) is 7.34. The molecule has 12 heteroatoms. The van der Waals surface area contributed by atoms with E-state index in [1.807, 2.05) is 0 Å². The second-order valence-corrected chi connectivity index (χ2v) is 9.69. The van der Waals surface area contributed by atoms with Gasteiger partial charge in [-0.25, -0.2) is 15.0 Å². The van der Waals surface area contributed by atoms with Gasteiger partial charge in [0.05, 0.1) is 30.3 Å². The van der Waals surface area contributed by atoms with E-state index in [-0.39, 0.29) is 28.9 Å². The van der Waals surface area contributed by atoms with E-state index in [2.05, 4.69) is 19.7 Å². The van der Waals surface area contributed by atoms with E-state index >= 15 is 0 Å². The van der Waals surface area contributed by atoms with Crippen molar-refractivity contribution in [3.63, 3.8) is 0 Å². The molecule has 3 aromatic heterocycles. The first-order valence-electron chi connectivity index (χ1n) is 11.4. The van der Waals surface area contributed by atoms with E-state index in [9.17, 15) is 18.0 Å². The molecule has 1 amide bonds. The van der Waals surface area contributed by atoms with Crippen LogP contribution in [0.2, 0.25) is 0 Å². The van der Waals surface area contributed by atoms with Crippen LogP contribution >= 0.6 is 0 Å². The molecule has 2 atom stereocenters. The molecule has 7 rings (SSSR count). The highest BCUT2D eigenvalue weighted by Crippen LogP contribution is 2.59. The maximum atomic E-state index is 13.9. The molecule has 1 aliphatic carbocycles. The Bertz CT molecular complexity index is 1560. The summed E-state index contributed by atoms with van der Waals surface area (Å²) in [6, 6.07) is 5.26. The van der Waals surface area contributed by atoms with Gasteiger partial charge in [0.1, 0.15) is 40.1 Å². The second-order valence-electron chi connectivity index (χ2n) is 9.69. The number of pyridine rings is 1. The lowest BCUT2D eigenvalue weighted by atomic mass is 9.85. The molecule has 9 nitrogen and oxygen atoms in total. The molecular weight excluding hydrogens is 477 g/mol. The Hall–Kier alpha value is -4.09. The van der Waals surface area contributed by atoms with Crippen LogP contribution in [0.4, 0.5) is 19.0 Å². The zero-order valence-corrected chi connectivity index (χ0v) is 18.7. The number of likely N-dealkylation sites (tertiary alicyclic amines) is 1. The maximum Gasteiger partial charge on any atom is 0.573 e. The average molecular weight is 496 g/mol. The molecule has 2 fully saturated rings. The summed E-state index contributed by atoms with van der Waals surface area (Å²) in [6.45, 7) is 0.525. The predicted octanol–water partition coefficient (Wildman–Crippen LogP) is 3.89. The van der Waals surface area contributed by atoms with Crippen LogP contribution in [-0.4, -0.2) is 49.2 Å². The number of anilines is 1. The van der Waals surface area contributed by atoms with Crippen molar-refractivity contribution in [2.45, 2.75) is 37.8 Å². The number of nitrogens with zero attached hydrogens (tertiary/aromatic N) is 5. The predicted molar refractivity (Wildman–Crippen MR) is 120 cm³/mol. The number of benzene rings is 1. The lowest BCUT2D eigenvalue weighted by Gasteiger charge is -2.41. The molecule has 36 heavy (non-hydrogen) atoms. The summed E-state index contributed by atoms with van der Waals surface area (Å²) in [7, 11) is 0. The van der Waals surface area contributed by atoms with Crippen molar-refractivity contribution in [2.75, 3.05) is 12.3 Å². The zero-order chi connectivity index (χ0) is 24.8. The van der Waals surface area contributed by atoms with Gasteiger partial charge in [0.25, 0.3) is 5.91 Å². The molecule has 2 aliphatic heterocycles. The summed E-state index contributed by atoms with van der Waals surface area (Å²) in [5.74, 6) is -0.0289. The molecule has 2 N–H and O–H groups in total. The molecule has 4 aromatic rings. The topological polar surface area (TPSA) is 108 Å². The van der Waals surface area contributed by atoms with Crippen molar-refractivity contribution in [3.05, 3.63) is 54.2 Å². The standard InChI is InChI=1S/C24H19F3N6O3/c25-24(26,27)36-12-1-2-13-18(5-12)35-19-7-23(3-4-23)10-32(20(13)19)22(34)14-6-16-15(8-30-14)31-21(28)17-9-29-11-33(16)17/h1-2,5-6,8-9,11,19-20H,3-4,7,10H2,(H2,28,31)/t19-,20-/m0/s1. The molecule has 1 saturated carbocycles. The Morgan fingerprint density at radius 1 is 1.19 bits per heavy atom. The summed E-state index contributed by atoms with van der Waals surface area (Å²) in [4.78, 5) is 28.5. The summed E-state index contributed by atoms with van der Waals surface area (Å²) in [6.07, 6.45) is 2.20. The monoisotopic (exact) mass is 496 g/mol. The van der Waals surface area contributed by atoms with E-state index in [1.165, 1.54) is 18.3 Å². The Balaban J connectivity index is 1.28. The fourth-order valence-electron chi connectivity index (χ4n) is 5.54. The van der Waals surface area contributed by atoms with Gasteiger partial charge in [-0.3, -0.25) is 9.20 Å². The quantitative estimate of drug-likeness (QED) is 0.449. The average Bonchev–Trinajstić information content (AvgIpc) is 3.23. The van der Waals surface area contributed by atoms with Crippen LogP contribution in [0.15, 0.2) is 43.0 Å². The second kappa shape index (κ2) is 6.99. The molecule has 5 heterocycles. The number of fused-ring (bicyclic) bond motifs is 6. The number of carbonyl (C=O) groups is 1. The molecular formula is C24H19F3N6O3. The molecule has 0 radical (unpaired) electrons. The van der Waals surface area contributed by atoms with Crippen molar-refractivity contribution in [3.8, 4) is 11.5 Å². The van der Waals surface area contributed by atoms with E-state index in [4.69, 9.17) is 10.5 Å². The number of ether oxygens (including phenoxy) is 2. The lowest BCUT2D eigenvalue weighted by molar-refractivity contribution is -0.274. The number of piperidine rings is 1. The first kappa shape index (κ1) is 21.2. The van der Waals surface area contributed by atoms with Gasteiger partial charge in [-0.1, -0.05) is 0 Å². The van der Waals surface area contributed by atoms with Gasteiger partial charge in [-0.15, -0.1) is 13.2 Å². The largest absolute Gasteiger partial charge is 0.573 e. The Morgan fingerprint density at radius 3 is 2.81 bits per heavy atom. The normalized spacial score (nSPS) is 21.9. The van der Waals surface area contributed by atoms with Crippen LogP contribution in [-0.2, 0) is 0 Å². The Labute approximate surface area is 201 Å². The van der Waals surface area contributed by atoms with Crippen molar-refractivity contribution in [1.82, 2.24) is 24.3 Å². The van der Waals surface area contributed by atoms with Gasteiger partial charge in [0, 0.05) is 18.2 Å². The van der Waals surface area contributed by atoms with Crippen LogP contribution in [0.5, 0.6) is 11.5 Å². The smallest absolute Gasteiger partial charge is 0.487 e. The van der Waals surface area contributed by atoms with E-state index in [1.54, 1.807) is 34.0 Å². The SMILES string of the molecule is Nc1nc2cnc(C(=O)N3CC4(CC4)C[C@@H]4Oc5cc(OC(F)(F)F)ccc5[C@@H]43)cc2n2cncc12. The number of nitrogens with two attached hydrogens (primary N) is 1. The van der Waals surface area contributed by atoms with Gasteiger partial charge < -0.3 is 20.1 Å². The van der Waals surface area contributed by atoms with Crippen LogP contribution in [0.1, 0.15) is 41.4 Å². The minimum atomic E-state index is -4.80. The van der Waals surface area contributed by atoms with Gasteiger partial charge in [-0.2, -0.15) is 0 Å². The van der Waals surface area contributed by atoms with Gasteiger partial charge >= 0.3 is 6.36 Å². The van der Waals surface area contributed by atoms with Crippen molar-refractivity contribution in [2.24, 2.45) is 5.41 Å². The third-order valence-corrected chi connectivity index (χ3v) is 7.34. The lowest BCUT2D eigenvalue weighted by Crippen LogP contribution is -2.49. The molecule has 0 unspecified atom stereocenters.